The molecule has 0 aromatic carbocycles. The molecule has 1 fully saturated rings. The molecule has 0 radical (unpaired) electrons. The Morgan fingerprint density at radius 3 is 3.11 bits per heavy atom. The molecule has 1 aromatic heterocycles. The molecule has 1 aliphatic heterocycles. The highest BCUT2D eigenvalue weighted by Crippen LogP contribution is 2.23. The zero-order chi connectivity index (χ0) is 13.0. The van der Waals surface area contributed by atoms with Crippen LogP contribution in [-0.2, 0) is 9.53 Å². The van der Waals surface area contributed by atoms with E-state index >= 15 is 0 Å². The van der Waals surface area contributed by atoms with E-state index in [-0.39, 0.29) is 25.2 Å². The van der Waals surface area contributed by atoms with E-state index in [4.69, 9.17) is 4.74 Å². The van der Waals surface area contributed by atoms with Crippen LogP contribution in [0.25, 0.3) is 0 Å². The summed E-state index contributed by atoms with van der Waals surface area (Å²) in [4.78, 5) is 13.3. The molecule has 2 rings (SSSR count). The van der Waals surface area contributed by atoms with Gasteiger partial charge in [-0.15, -0.1) is 0 Å². The van der Waals surface area contributed by atoms with E-state index in [2.05, 4.69) is 5.32 Å². The molecule has 1 aliphatic rings. The number of amides is 1. The lowest BCUT2D eigenvalue weighted by molar-refractivity contribution is -0.129. The minimum Gasteiger partial charge on any atom is -0.374 e. The van der Waals surface area contributed by atoms with Crippen molar-refractivity contribution < 1.29 is 18.3 Å². The summed E-state index contributed by atoms with van der Waals surface area (Å²) in [7, 11) is 0. The second-order valence-electron chi connectivity index (χ2n) is 3.89. The largest absolute Gasteiger partial charge is 0.374 e. The van der Waals surface area contributed by atoms with Crippen LogP contribution >= 0.6 is 11.3 Å². The molecule has 1 unspecified atom stereocenters. The van der Waals surface area contributed by atoms with Gasteiger partial charge in [0.1, 0.15) is 12.8 Å². The fourth-order valence-electron chi connectivity index (χ4n) is 1.86. The SMILES string of the molecule is O=C1CNC(c2ccsc2)N1CCOCC(F)F. The fraction of sp³-hybridized carbons (Fsp3) is 0.545. The molecule has 1 atom stereocenters. The molecule has 7 heteroatoms. The van der Waals surface area contributed by atoms with E-state index in [9.17, 15) is 13.6 Å². The van der Waals surface area contributed by atoms with Crippen LogP contribution in [0.2, 0.25) is 0 Å². The van der Waals surface area contributed by atoms with E-state index in [1.807, 2.05) is 16.8 Å². The van der Waals surface area contributed by atoms with Crippen LogP contribution in [0.3, 0.4) is 0 Å². The lowest BCUT2D eigenvalue weighted by Gasteiger charge is -2.23. The topological polar surface area (TPSA) is 41.6 Å². The van der Waals surface area contributed by atoms with E-state index in [1.165, 1.54) is 0 Å². The third-order valence-electron chi connectivity index (χ3n) is 2.66. The predicted molar refractivity (Wildman–Crippen MR) is 63.6 cm³/mol. The van der Waals surface area contributed by atoms with Crippen LogP contribution < -0.4 is 5.32 Å². The Labute approximate surface area is 108 Å². The van der Waals surface area contributed by atoms with Gasteiger partial charge in [0, 0.05) is 6.54 Å². The van der Waals surface area contributed by atoms with Gasteiger partial charge in [-0.2, -0.15) is 11.3 Å². The molecule has 4 nitrogen and oxygen atoms in total. The number of hydrogen-bond donors (Lipinski definition) is 1. The Balaban J connectivity index is 1.86. The molecule has 0 bridgehead atoms. The highest BCUT2D eigenvalue weighted by Gasteiger charge is 2.31. The Morgan fingerprint density at radius 2 is 2.44 bits per heavy atom. The van der Waals surface area contributed by atoms with Gasteiger partial charge in [0.05, 0.1) is 13.2 Å². The van der Waals surface area contributed by atoms with Crippen molar-refractivity contribution in [1.82, 2.24) is 10.2 Å². The molecule has 1 saturated heterocycles. The van der Waals surface area contributed by atoms with Gasteiger partial charge in [-0.05, 0) is 22.4 Å². The number of nitrogens with zero attached hydrogens (tertiary/aromatic N) is 1. The summed E-state index contributed by atoms with van der Waals surface area (Å²) in [6.07, 6.45) is -2.64. The average molecular weight is 276 g/mol. The molecular formula is C11H14F2N2O2S. The third-order valence-corrected chi connectivity index (χ3v) is 3.36. The highest BCUT2D eigenvalue weighted by atomic mass is 32.1. The van der Waals surface area contributed by atoms with Crippen LogP contribution in [0.15, 0.2) is 16.8 Å². The van der Waals surface area contributed by atoms with Crippen molar-refractivity contribution >= 4 is 17.2 Å². The van der Waals surface area contributed by atoms with Gasteiger partial charge in [0.25, 0.3) is 6.43 Å². The summed E-state index contributed by atoms with van der Waals surface area (Å²) in [5, 5.41) is 6.99. The first-order valence-electron chi connectivity index (χ1n) is 5.59. The Hall–Kier alpha value is -1.05. The third kappa shape index (κ3) is 3.24. The summed E-state index contributed by atoms with van der Waals surface area (Å²) in [6.45, 7) is 0.130. The lowest BCUT2D eigenvalue weighted by Crippen LogP contribution is -2.33. The van der Waals surface area contributed by atoms with E-state index < -0.39 is 13.0 Å². The van der Waals surface area contributed by atoms with Gasteiger partial charge in [-0.3, -0.25) is 10.1 Å². The van der Waals surface area contributed by atoms with Crippen molar-refractivity contribution in [2.45, 2.75) is 12.6 Å². The lowest BCUT2D eigenvalue weighted by atomic mass is 10.2. The first-order chi connectivity index (χ1) is 8.68. The maximum atomic E-state index is 11.9. The van der Waals surface area contributed by atoms with Crippen molar-refractivity contribution in [2.75, 3.05) is 26.3 Å². The molecule has 0 saturated carbocycles. The quantitative estimate of drug-likeness (QED) is 0.800. The summed E-state index contributed by atoms with van der Waals surface area (Å²) in [5.41, 5.74) is 1.01. The number of thiophene rings is 1. The number of rotatable bonds is 6. The van der Waals surface area contributed by atoms with Crippen LogP contribution in [0.4, 0.5) is 8.78 Å². The van der Waals surface area contributed by atoms with Crippen molar-refractivity contribution in [2.24, 2.45) is 0 Å². The molecule has 1 amide bonds. The number of hydrogen-bond acceptors (Lipinski definition) is 4. The van der Waals surface area contributed by atoms with Gasteiger partial charge in [0.15, 0.2) is 0 Å². The van der Waals surface area contributed by atoms with Crippen molar-refractivity contribution in [1.29, 1.82) is 0 Å². The number of carbonyl (C=O) groups excluding carboxylic acids is 1. The second-order valence-corrected chi connectivity index (χ2v) is 4.67. The molecule has 18 heavy (non-hydrogen) atoms. The summed E-state index contributed by atoms with van der Waals surface area (Å²) < 4.78 is 28.6. The first-order valence-corrected chi connectivity index (χ1v) is 6.53. The molecular weight excluding hydrogens is 262 g/mol. The van der Waals surface area contributed by atoms with Gasteiger partial charge >= 0.3 is 0 Å². The summed E-state index contributed by atoms with van der Waals surface area (Å²) in [5.74, 6) is -0.0353. The van der Waals surface area contributed by atoms with Crippen LogP contribution in [-0.4, -0.2) is 43.5 Å². The van der Waals surface area contributed by atoms with Crippen molar-refractivity contribution in [3.05, 3.63) is 22.4 Å². The average Bonchev–Trinajstić information content (AvgIpc) is 2.94. The minimum absolute atomic E-state index is 0.0353. The number of carbonyl (C=O) groups is 1. The Morgan fingerprint density at radius 1 is 1.61 bits per heavy atom. The predicted octanol–water partition coefficient (Wildman–Crippen LogP) is 1.46. The number of alkyl halides is 2. The summed E-state index contributed by atoms with van der Waals surface area (Å²) >= 11 is 1.55. The first kappa shape index (κ1) is 13.4. The second kappa shape index (κ2) is 6.21. The zero-order valence-electron chi connectivity index (χ0n) is 9.64. The normalized spacial score (nSPS) is 20.1. The number of ether oxygens (including phenoxy) is 1. The monoisotopic (exact) mass is 276 g/mol. The zero-order valence-corrected chi connectivity index (χ0v) is 10.5. The minimum atomic E-state index is -2.47. The summed E-state index contributed by atoms with van der Waals surface area (Å²) in [6, 6.07) is 1.94. The maximum absolute atomic E-state index is 11.9. The van der Waals surface area contributed by atoms with Gasteiger partial charge < -0.3 is 9.64 Å². The molecule has 100 valence electrons. The van der Waals surface area contributed by atoms with Gasteiger partial charge in [0.2, 0.25) is 5.91 Å². The van der Waals surface area contributed by atoms with Crippen LogP contribution in [0.5, 0.6) is 0 Å². The Bertz CT molecular complexity index is 386. The highest BCUT2D eigenvalue weighted by molar-refractivity contribution is 7.07. The smallest absolute Gasteiger partial charge is 0.261 e. The van der Waals surface area contributed by atoms with Gasteiger partial charge in [-0.25, -0.2) is 8.78 Å². The van der Waals surface area contributed by atoms with Crippen molar-refractivity contribution in [3.8, 4) is 0 Å². The molecule has 0 aliphatic carbocycles. The Kier molecular flexibility index (Phi) is 4.62. The van der Waals surface area contributed by atoms with Gasteiger partial charge in [-0.1, -0.05) is 0 Å². The number of nitrogens with one attached hydrogen (secondary N) is 1. The fourth-order valence-corrected chi connectivity index (χ4v) is 2.54. The van der Waals surface area contributed by atoms with E-state index in [0.29, 0.717) is 6.54 Å². The number of halogens is 2. The van der Waals surface area contributed by atoms with Crippen molar-refractivity contribution in [3.63, 3.8) is 0 Å². The van der Waals surface area contributed by atoms with Crippen LogP contribution in [0.1, 0.15) is 11.7 Å². The molecule has 0 spiro atoms. The molecule has 1 aromatic rings. The van der Waals surface area contributed by atoms with E-state index in [1.54, 1.807) is 16.2 Å². The maximum Gasteiger partial charge on any atom is 0.261 e. The standard InChI is InChI=1S/C11H14F2N2O2S/c12-9(13)6-17-3-2-15-10(16)5-14-11(15)8-1-4-18-7-8/h1,4,7,9,11,14H,2-3,5-6H2. The molecule has 1 N–H and O–H groups in total. The van der Waals surface area contributed by atoms with E-state index in [0.717, 1.165) is 5.56 Å². The van der Waals surface area contributed by atoms with Crippen LogP contribution in [0, 0.1) is 0 Å². The molecule has 2 heterocycles.